The number of carboxylic acid groups (broad SMARTS) is 1. The van der Waals surface area contributed by atoms with Crippen LogP contribution in [0.25, 0.3) is 11.3 Å². The number of carboxylic acids is 1. The molecule has 5 rings (SSSR count). The molecule has 0 aliphatic carbocycles. The predicted octanol–water partition coefficient (Wildman–Crippen LogP) is 6.16. The van der Waals surface area contributed by atoms with E-state index in [0.29, 0.717) is 17.3 Å². The molecule has 12 nitrogen and oxygen atoms in total. The van der Waals surface area contributed by atoms with Gasteiger partial charge in [-0.25, -0.2) is 32.9 Å². The first kappa shape index (κ1) is 36.5. The van der Waals surface area contributed by atoms with Gasteiger partial charge in [0.15, 0.2) is 5.75 Å². The highest BCUT2D eigenvalue weighted by molar-refractivity contribution is 7.92. The van der Waals surface area contributed by atoms with Crippen LogP contribution in [-0.4, -0.2) is 58.2 Å². The van der Waals surface area contributed by atoms with Crippen LogP contribution in [0.1, 0.15) is 73.9 Å². The third kappa shape index (κ3) is 8.57. The lowest BCUT2D eigenvalue weighted by molar-refractivity contribution is 0.0696. The van der Waals surface area contributed by atoms with Gasteiger partial charge in [-0.3, -0.25) is 0 Å². The molecular formula is C34H41ClN6O6S. The van der Waals surface area contributed by atoms with Crippen molar-refractivity contribution in [1.29, 1.82) is 0 Å². The lowest BCUT2D eigenvalue weighted by Crippen LogP contribution is -2.51. The summed E-state index contributed by atoms with van der Waals surface area (Å²) in [7, 11) is -4.24. The van der Waals surface area contributed by atoms with Gasteiger partial charge in [-0.05, 0) is 75.3 Å². The molecule has 1 fully saturated rings. The molecule has 256 valence electrons. The van der Waals surface area contributed by atoms with E-state index in [4.69, 9.17) is 9.47 Å². The molecule has 2 atom stereocenters. The number of halogens is 1. The second kappa shape index (κ2) is 14.8. The zero-order valence-corrected chi connectivity index (χ0v) is 29.4. The zero-order valence-electron chi connectivity index (χ0n) is 27.7. The van der Waals surface area contributed by atoms with Gasteiger partial charge in [0.25, 0.3) is 10.0 Å². The summed E-state index contributed by atoms with van der Waals surface area (Å²) in [6.45, 7) is 12.4. The van der Waals surface area contributed by atoms with Gasteiger partial charge in [0, 0.05) is 17.7 Å². The Morgan fingerprint density at radius 2 is 1.73 bits per heavy atom. The highest BCUT2D eigenvalue weighted by atomic mass is 35.5. The number of hydrogen-bond donors (Lipinski definition) is 3. The van der Waals surface area contributed by atoms with Crippen molar-refractivity contribution in [3.05, 3.63) is 83.4 Å². The Hall–Kier alpha value is -4.33. The van der Waals surface area contributed by atoms with E-state index in [1.807, 2.05) is 45.9 Å². The van der Waals surface area contributed by atoms with Crippen LogP contribution >= 0.6 is 12.4 Å². The summed E-state index contributed by atoms with van der Waals surface area (Å²) in [6.07, 6.45) is 5.13. The number of aryl methyl sites for hydroxylation is 2. The van der Waals surface area contributed by atoms with Crippen LogP contribution in [0.2, 0.25) is 0 Å². The minimum absolute atomic E-state index is 0. The lowest BCUT2D eigenvalue weighted by Gasteiger charge is -2.42. The Balaban J connectivity index is 0.00000520. The van der Waals surface area contributed by atoms with E-state index < -0.39 is 16.0 Å². The van der Waals surface area contributed by atoms with Crippen LogP contribution in [-0.2, 0) is 10.0 Å². The Kier molecular flexibility index (Phi) is 11.3. The van der Waals surface area contributed by atoms with Crippen molar-refractivity contribution in [2.75, 3.05) is 11.3 Å². The largest absolute Gasteiger partial charge is 0.488 e. The molecule has 2 aromatic carbocycles. The molecule has 1 aliphatic heterocycles. The molecule has 1 aliphatic rings. The van der Waals surface area contributed by atoms with Crippen LogP contribution in [0.3, 0.4) is 0 Å². The Labute approximate surface area is 287 Å². The quantitative estimate of drug-likeness (QED) is 0.164. The van der Waals surface area contributed by atoms with Crippen molar-refractivity contribution in [2.24, 2.45) is 5.41 Å². The third-order valence-corrected chi connectivity index (χ3v) is 9.54. The monoisotopic (exact) mass is 696 g/mol. The van der Waals surface area contributed by atoms with Crippen molar-refractivity contribution >= 4 is 34.3 Å². The number of anilines is 1. The SMILES string of the molecule is Cc1cccc(C)c1-c1cc(OCC2NC(c3ncc(OC(C)C)cn3)CCC2(C)C)nc(NS(=O)(=O)c2cccc(C(=O)O)c2)n1.Cl. The highest BCUT2D eigenvalue weighted by Crippen LogP contribution is 2.37. The van der Waals surface area contributed by atoms with Crippen LogP contribution in [0, 0.1) is 19.3 Å². The van der Waals surface area contributed by atoms with Gasteiger partial charge >= 0.3 is 5.97 Å². The highest BCUT2D eigenvalue weighted by Gasteiger charge is 2.38. The average molecular weight is 697 g/mol. The summed E-state index contributed by atoms with van der Waals surface area (Å²) in [5, 5.41) is 13.0. The number of sulfonamides is 1. The number of aromatic nitrogens is 4. The third-order valence-electron chi connectivity index (χ3n) is 8.21. The number of ether oxygens (including phenoxy) is 2. The van der Waals surface area contributed by atoms with Crippen LogP contribution < -0.4 is 19.5 Å². The lowest BCUT2D eigenvalue weighted by atomic mass is 9.75. The smallest absolute Gasteiger partial charge is 0.335 e. The number of benzene rings is 2. The molecule has 1 saturated heterocycles. The van der Waals surface area contributed by atoms with Gasteiger partial charge in [-0.1, -0.05) is 38.1 Å². The van der Waals surface area contributed by atoms with Crippen molar-refractivity contribution in [1.82, 2.24) is 25.3 Å². The summed E-state index contributed by atoms with van der Waals surface area (Å²) in [5.74, 6) is 0.0256. The zero-order chi connectivity index (χ0) is 33.9. The van der Waals surface area contributed by atoms with E-state index in [0.717, 1.165) is 35.6 Å². The number of piperidine rings is 1. The standard InChI is InChI=1S/C34H40N6O6S.ClH/c1-20(2)46-24-17-35-31(36-18-24)26-13-14-34(5,6)28(37-26)19-45-29-16-27(30-21(3)9-7-10-22(30)4)38-33(39-29)40-47(43,44)25-12-8-11-23(15-25)32(41)42;/h7-12,15-18,20,26,28,37H,13-14,19H2,1-6H3,(H,41,42)(H,38,39,40);1H. The molecule has 2 unspecified atom stereocenters. The maximum atomic E-state index is 13.3. The van der Waals surface area contributed by atoms with Gasteiger partial charge < -0.3 is 19.9 Å². The first-order valence-electron chi connectivity index (χ1n) is 15.4. The fourth-order valence-corrected chi connectivity index (χ4v) is 6.58. The molecule has 0 radical (unpaired) electrons. The van der Waals surface area contributed by atoms with Crippen LogP contribution in [0.4, 0.5) is 5.95 Å². The molecule has 4 aromatic rings. The molecule has 0 spiro atoms. The Morgan fingerprint density at radius 3 is 2.38 bits per heavy atom. The molecule has 0 amide bonds. The molecule has 0 bridgehead atoms. The van der Waals surface area contributed by atoms with Crippen LogP contribution in [0.15, 0.2) is 65.8 Å². The van der Waals surface area contributed by atoms with Gasteiger partial charge in [0.05, 0.1) is 40.7 Å². The number of hydrogen-bond acceptors (Lipinski definition) is 10. The van der Waals surface area contributed by atoms with Crippen molar-refractivity contribution in [3.8, 4) is 22.9 Å². The molecule has 2 aromatic heterocycles. The maximum absolute atomic E-state index is 13.3. The van der Waals surface area contributed by atoms with Gasteiger partial charge in [0.1, 0.15) is 12.4 Å². The van der Waals surface area contributed by atoms with Crippen molar-refractivity contribution in [2.45, 2.75) is 77.5 Å². The van der Waals surface area contributed by atoms with E-state index in [-0.39, 0.29) is 64.9 Å². The van der Waals surface area contributed by atoms with Crippen molar-refractivity contribution in [3.63, 3.8) is 0 Å². The molecule has 3 heterocycles. The second-order valence-electron chi connectivity index (χ2n) is 12.7. The fourth-order valence-electron chi connectivity index (χ4n) is 5.59. The fraction of sp³-hybridized carbons (Fsp3) is 0.382. The molecule has 0 saturated carbocycles. The first-order chi connectivity index (χ1) is 22.2. The molecule has 14 heteroatoms. The van der Waals surface area contributed by atoms with E-state index in [2.05, 4.69) is 43.8 Å². The number of nitrogens with one attached hydrogen (secondary N) is 2. The average Bonchev–Trinajstić information content (AvgIpc) is 3.00. The minimum Gasteiger partial charge on any atom is -0.488 e. The minimum atomic E-state index is -4.24. The van der Waals surface area contributed by atoms with Crippen molar-refractivity contribution < 1.29 is 27.8 Å². The second-order valence-corrected chi connectivity index (χ2v) is 14.4. The number of rotatable bonds is 11. The number of aromatic carboxylic acids is 1. The summed E-state index contributed by atoms with van der Waals surface area (Å²) in [5.41, 5.74) is 2.90. The topological polar surface area (TPSA) is 166 Å². The molecule has 48 heavy (non-hydrogen) atoms. The summed E-state index contributed by atoms with van der Waals surface area (Å²) >= 11 is 0. The van der Waals surface area contributed by atoms with E-state index in [1.54, 1.807) is 18.5 Å². The first-order valence-corrected chi connectivity index (χ1v) is 16.9. The molecule has 3 N–H and O–H groups in total. The maximum Gasteiger partial charge on any atom is 0.335 e. The van der Waals surface area contributed by atoms with E-state index in [1.165, 1.54) is 18.2 Å². The predicted molar refractivity (Wildman–Crippen MR) is 184 cm³/mol. The molecular weight excluding hydrogens is 656 g/mol. The normalized spacial score (nSPS) is 17.3. The van der Waals surface area contributed by atoms with E-state index in [9.17, 15) is 18.3 Å². The van der Waals surface area contributed by atoms with Gasteiger partial charge in [-0.15, -0.1) is 12.4 Å². The summed E-state index contributed by atoms with van der Waals surface area (Å²) in [6, 6.07) is 12.4. The van der Waals surface area contributed by atoms with Gasteiger partial charge in [-0.2, -0.15) is 4.98 Å². The summed E-state index contributed by atoms with van der Waals surface area (Å²) in [4.78, 5) is 29.3. The van der Waals surface area contributed by atoms with Crippen LogP contribution in [0.5, 0.6) is 11.6 Å². The van der Waals surface area contributed by atoms with Gasteiger partial charge in [0.2, 0.25) is 11.8 Å². The summed E-state index contributed by atoms with van der Waals surface area (Å²) < 4.78 is 41.1. The number of nitrogens with zero attached hydrogens (tertiary/aromatic N) is 4. The Morgan fingerprint density at radius 1 is 1.06 bits per heavy atom. The Bertz CT molecular complexity index is 1850. The van der Waals surface area contributed by atoms with E-state index >= 15 is 0 Å². The number of carbonyl (C=O) groups is 1.